The molecular weight excluding hydrogens is 444 g/mol. The molecule has 180 valence electrons. The molecule has 2 aliphatic rings. The highest BCUT2D eigenvalue weighted by atomic mass is 16.5. The van der Waals surface area contributed by atoms with Crippen LogP contribution in [0, 0.1) is 17.8 Å². The first-order chi connectivity index (χ1) is 17.0. The molecule has 0 spiro atoms. The maximum Gasteiger partial charge on any atom is 0.407 e. The Balaban J connectivity index is 1.32. The van der Waals surface area contributed by atoms with Crippen molar-refractivity contribution < 1.29 is 24.2 Å². The third-order valence-corrected chi connectivity index (χ3v) is 6.44. The molecule has 35 heavy (non-hydrogen) atoms. The van der Waals surface area contributed by atoms with Gasteiger partial charge in [0.2, 0.25) is 5.91 Å². The first kappa shape index (κ1) is 24.1. The Labute approximate surface area is 204 Å². The first-order valence-corrected chi connectivity index (χ1v) is 11.7. The average Bonchev–Trinajstić information content (AvgIpc) is 3.19. The van der Waals surface area contributed by atoms with Crippen molar-refractivity contribution in [2.24, 2.45) is 5.92 Å². The topological polar surface area (TPSA) is 105 Å². The number of fused-ring (bicyclic) bond motifs is 3. The molecule has 2 aromatic rings. The number of hydrogen-bond acceptors (Lipinski definition) is 4. The van der Waals surface area contributed by atoms with Crippen LogP contribution in [0.5, 0.6) is 0 Å². The number of carbonyl (C=O) groups is 3. The quantitative estimate of drug-likeness (QED) is 0.420. The number of alkyl carbamates (subject to hydrolysis) is 1. The van der Waals surface area contributed by atoms with Gasteiger partial charge in [0.05, 0.1) is 6.04 Å². The fourth-order valence-electron chi connectivity index (χ4n) is 4.69. The number of carboxylic acid groups (broad SMARTS) is 1. The zero-order chi connectivity index (χ0) is 24.8. The lowest BCUT2D eigenvalue weighted by Crippen LogP contribution is -2.46. The van der Waals surface area contributed by atoms with Gasteiger partial charge in [-0.05, 0) is 42.0 Å². The van der Waals surface area contributed by atoms with Gasteiger partial charge in [0, 0.05) is 18.3 Å². The highest BCUT2D eigenvalue weighted by molar-refractivity contribution is 5.85. The van der Waals surface area contributed by atoms with E-state index in [0.717, 1.165) is 22.3 Å². The molecule has 0 bridgehead atoms. The molecular formula is C28H28N2O5. The molecule has 2 aliphatic carbocycles. The van der Waals surface area contributed by atoms with Crippen LogP contribution >= 0.6 is 0 Å². The van der Waals surface area contributed by atoms with E-state index in [1.54, 1.807) is 6.92 Å². The first-order valence-electron chi connectivity index (χ1n) is 11.7. The third-order valence-electron chi connectivity index (χ3n) is 6.44. The van der Waals surface area contributed by atoms with Gasteiger partial charge in [-0.2, -0.15) is 0 Å². The molecule has 1 unspecified atom stereocenters. The summed E-state index contributed by atoms with van der Waals surface area (Å²) in [5.41, 5.74) is 4.59. The van der Waals surface area contributed by atoms with E-state index in [9.17, 15) is 19.5 Å². The third kappa shape index (κ3) is 5.55. The second kappa shape index (κ2) is 10.9. The van der Waals surface area contributed by atoms with Crippen LogP contribution < -0.4 is 10.6 Å². The lowest BCUT2D eigenvalue weighted by molar-refractivity contribution is -0.142. The molecule has 0 saturated carbocycles. The molecule has 0 radical (unpaired) electrons. The molecule has 0 heterocycles. The minimum atomic E-state index is -1.12. The molecule has 0 saturated heterocycles. The van der Waals surface area contributed by atoms with Gasteiger partial charge in [-0.25, -0.2) is 9.59 Å². The lowest BCUT2D eigenvalue weighted by atomic mass is 9.90. The average molecular weight is 473 g/mol. The van der Waals surface area contributed by atoms with E-state index in [0.29, 0.717) is 12.8 Å². The normalized spacial score (nSPS) is 18.9. The Morgan fingerprint density at radius 2 is 1.74 bits per heavy atom. The Kier molecular flexibility index (Phi) is 7.51. The van der Waals surface area contributed by atoms with Crippen molar-refractivity contribution in [3.05, 3.63) is 71.8 Å². The highest BCUT2D eigenvalue weighted by Gasteiger charge is 2.31. The summed E-state index contributed by atoms with van der Waals surface area (Å²) < 4.78 is 5.60. The molecule has 4 rings (SSSR count). The molecule has 7 heteroatoms. The number of amides is 2. The van der Waals surface area contributed by atoms with Gasteiger partial charge in [0.1, 0.15) is 12.6 Å². The number of nitrogens with one attached hydrogen (secondary N) is 2. The molecule has 7 nitrogen and oxygen atoms in total. The summed E-state index contributed by atoms with van der Waals surface area (Å²) in [6.07, 6.45) is 3.98. The Morgan fingerprint density at radius 1 is 1.09 bits per heavy atom. The second-order valence-electron chi connectivity index (χ2n) is 8.70. The van der Waals surface area contributed by atoms with Gasteiger partial charge in [-0.15, -0.1) is 11.8 Å². The molecule has 3 N–H and O–H groups in total. The van der Waals surface area contributed by atoms with E-state index in [2.05, 4.69) is 46.7 Å². The number of hydrogen-bond donors (Lipinski definition) is 3. The van der Waals surface area contributed by atoms with E-state index in [1.807, 2.05) is 36.4 Å². The van der Waals surface area contributed by atoms with Crippen LogP contribution in [-0.4, -0.2) is 41.8 Å². The standard InChI is InChI=1S/C28H28N2O5/c1-2-3-15-25(27(32)33)30-26(31)18-9-8-10-19(16-18)29-28(34)35-17-24-22-13-6-4-11-20(22)21-12-5-7-14-23(21)24/h4-8,10-14,18-19,24-25H,9,15-17H2,1H3,(H,29,34)(H,30,31)(H,32,33)/t18-,19-,25?/m1/s1. The maximum absolute atomic E-state index is 12.6. The number of carbonyl (C=O) groups excluding carboxylic acids is 2. The van der Waals surface area contributed by atoms with Crippen molar-refractivity contribution in [3.63, 3.8) is 0 Å². The minimum absolute atomic E-state index is 0.0345. The van der Waals surface area contributed by atoms with Gasteiger partial charge in [-0.1, -0.05) is 60.7 Å². The molecule has 0 fully saturated rings. The van der Waals surface area contributed by atoms with Crippen LogP contribution in [0.3, 0.4) is 0 Å². The van der Waals surface area contributed by atoms with Gasteiger partial charge in [0.25, 0.3) is 0 Å². The number of ether oxygens (including phenoxy) is 1. The Hall–Kier alpha value is -4.05. The zero-order valence-electron chi connectivity index (χ0n) is 19.5. The lowest BCUT2D eigenvalue weighted by Gasteiger charge is -2.26. The van der Waals surface area contributed by atoms with Gasteiger partial charge < -0.3 is 20.5 Å². The van der Waals surface area contributed by atoms with Crippen LogP contribution in [0.1, 0.15) is 43.2 Å². The smallest absolute Gasteiger partial charge is 0.407 e. The molecule has 3 atom stereocenters. The Bertz CT molecular complexity index is 1160. The van der Waals surface area contributed by atoms with Crippen LogP contribution in [0.2, 0.25) is 0 Å². The van der Waals surface area contributed by atoms with Crippen molar-refractivity contribution in [1.82, 2.24) is 10.6 Å². The largest absolute Gasteiger partial charge is 0.480 e. The van der Waals surface area contributed by atoms with Crippen molar-refractivity contribution in [2.75, 3.05) is 6.61 Å². The van der Waals surface area contributed by atoms with Gasteiger partial charge in [-0.3, -0.25) is 4.79 Å². The highest BCUT2D eigenvalue weighted by Crippen LogP contribution is 2.44. The summed E-state index contributed by atoms with van der Waals surface area (Å²) in [6, 6.07) is 14.8. The van der Waals surface area contributed by atoms with Crippen molar-refractivity contribution in [3.8, 4) is 23.0 Å². The molecule has 0 aromatic heterocycles. The van der Waals surface area contributed by atoms with Crippen molar-refractivity contribution in [1.29, 1.82) is 0 Å². The zero-order valence-corrected chi connectivity index (χ0v) is 19.5. The fraction of sp³-hybridized carbons (Fsp3) is 0.321. The summed E-state index contributed by atoms with van der Waals surface area (Å²) in [6.45, 7) is 1.82. The predicted molar refractivity (Wildman–Crippen MR) is 131 cm³/mol. The van der Waals surface area contributed by atoms with Crippen LogP contribution in [0.15, 0.2) is 60.7 Å². The fourth-order valence-corrected chi connectivity index (χ4v) is 4.69. The van der Waals surface area contributed by atoms with Crippen molar-refractivity contribution in [2.45, 2.75) is 44.2 Å². The van der Waals surface area contributed by atoms with Gasteiger partial charge >= 0.3 is 12.1 Å². The molecule has 2 aromatic carbocycles. The summed E-state index contributed by atoms with van der Waals surface area (Å²) >= 11 is 0. The van der Waals surface area contributed by atoms with E-state index in [1.165, 1.54) is 0 Å². The number of allylic oxidation sites excluding steroid dienone is 1. The predicted octanol–water partition coefficient (Wildman–Crippen LogP) is 3.84. The van der Waals surface area contributed by atoms with E-state index in [-0.39, 0.29) is 30.9 Å². The Morgan fingerprint density at radius 3 is 2.37 bits per heavy atom. The maximum atomic E-state index is 12.6. The van der Waals surface area contributed by atoms with E-state index in [4.69, 9.17) is 4.74 Å². The van der Waals surface area contributed by atoms with Crippen LogP contribution in [0.4, 0.5) is 4.79 Å². The summed E-state index contributed by atoms with van der Waals surface area (Å²) in [5.74, 6) is 3.36. The van der Waals surface area contributed by atoms with E-state index < -0.39 is 24.0 Å². The minimum Gasteiger partial charge on any atom is -0.480 e. The summed E-state index contributed by atoms with van der Waals surface area (Å²) in [7, 11) is 0. The number of aliphatic carboxylic acids is 1. The molecule has 2 amide bonds. The van der Waals surface area contributed by atoms with Crippen molar-refractivity contribution >= 4 is 18.0 Å². The van der Waals surface area contributed by atoms with Crippen LogP contribution in [-0.2, 0) is 14.3 Å². The van der Waals surface area contributed by atoms with Crippen LogP contribution in [0.25, 0.3) is 11.1 Å². The monoisotopic (exact) mass is 472 g/mol. The van der Waals surface area contributed by atoms with Gasteiger partial charge in [0.15, 0.2) is 0 Å². The number of benzene rings is 2. The van der Waals surface area contributed by atoms with E-state index >= 15 is 0 Å². The summed E-state index contributed by atoms with van der Waals surface area (Å²) in [5, 5.41) is 14.7. The molecule has 0 aliphatic heterocycles. The second-order valence-corrected chi connectivity index (χ2v) is 8.70. The summed E-state index contributed by atoms with van der Waals surface area (Å²) in [4.78, 5) is 36.6. The number of rotatable bonds is 7. The number of carboxylic acids is 1. The SMILES string of the molecule is CC#CCC(NC(=O)[C@@H]1CC=C[C@@H](NC(=O)OCC2c3ccccc3-c3ccccc32)C1)C(=O)O.